The molecule has 0 bridgehead atoms. The van der Waals surface area contributed by atoms with Crippen LogP contribution in [-0.2, 0) is 0 Å². The SMILES string of the molecule is COc1nc(NCCNC(C)C)nc(OC)c1NC(=O)c1csc(Oc2cc(OC(C)C)ccc2C)n1. The van der Waals surface area contributed by atoms with Gasteiger partial charge in [0, 0.05) is 30.6 Å². The molecule has 0 saturated carbocycles. The lowest BCUT2D eigenvalue weighted by atomic mass is 10.2. The molecule has 12 heteroatoms. The number of hydrogen-bond donors (Lipinski definition) is 3. The third-order valence-corrected chi connectivity index (χ3v) is 5.59. The van der Waals surface area contributed by atoms with Crippen molar-refractivity contribution in [3.8, 4) is 28.5 Å². The van der Waals surface area contributed by atoms with Gasteiger partial charge in [-0.05, 0) is 32.4 Å². The van der Waals surface area contributed by atoms with Gasteiger partial charge in [0.2, 0.25) is 17.7 Å². The molecule has 37 heavy (non-hydrogen) atoms. The molecule has 200 valence electrons. The quantitative estimate of drug-likeness (QED) is 0.272. The van der Waals surface area contributed by atoms with Crippen LogP contribution in [0.3, 0.4) is 0 Å². The van der Waals surface area contributed by atoms with Crippen molar-refractivity contribution in [1.29, 1.82) is 0 Å². The van der Waals surface area contributed by atoms with Crippen molar-refractivity contribution < 1.29 is 23.7 Å². The number of rotatable bonds is 13. The summed E-state index contributed by atoms with van der Waals surface area (Å²) >= 11 is 1.20. The Balaban J connectivity index is 1.72. The average molecular weight is 531 g/mol. The van der Waals surface area contributed by atoms with Gasteiger partial charge in [0.15, 0.2) is 5.69 Å². The van der Waals surface area contributed by atoms with Gasteiger partial charge in [0.05, 0.1) is 20.3 Å². The molecule has 0 aliphatic carbocycles. The number of amides is 1. The fraction of sp³-hybridized carbons (Fsp3) is 0.440. The van der Waals surface area contributed by atoms with Gasteiger partial charge in [-0.25, -0.2) is 0 Å². The van der Waals surface area contributed by atoms with E-state index in [0.717, 1.165) is 12.1 Å². The minimum atomic E-state index is -0.484. The predicted molar refractivity (Wildman–Crippen MR) is 144 cm³/mol. The highest BCUT2D eigenvalue weighted by Crippen LogP contribution is 2.34. The zero-order chi connectivity index (χ0) is 26.9. The smallest absolute Gasteiger partial charge is 0.279 e. The predicted octanol–water partition coefficient (Wildman–Crippen LogP) is 4.50. The van der Waals surface area contributed by atoms with Crippen LogP contribution in [0.4, 0.5) is 11.6 Å². The Bertz CT molecular complexity index is 1180. The van der Waals surface area contributed by atoms with E-state index in [1.807, 2.05) is 32.9 Å². The summed E-state index contributed by atoms with van der Waals surface area (Å²) in [5.74, 6) is 1.44. The Morgan fingerprint density at radius 3 is 2.35 bits per heavy atom. The lowest BCUT2D eigenvalue weighted by Crippen LogP contribution is -2.28. The van der Waals surface area contributed by atoms with Crippen molar-refractivity contribution in [3.05, 3.63) is 34.8 Å². The summed E-state index contributed by atoms with van der Waals surface area (Å²) in [5, 5.41) is 11.1. The Morgan fingerprint density at radius 2 is 1.73 bits per heavy atom. The second kappa shape index (κ2) is 13.1. The zero-order valence-electron chi connectivity index (χ0n) is 22.2. The molecule has 11 nitrogen and oxygen atoms in total. The summed E-state index contributed by atoms with van der Waals surface area (Å²) < 4.78 is 22.5. The molecule has 3 rings (SSSR count). The topological polar surface area (TPSA) is 129 Å². The molecule has 1 aromatic carbocycles. The highest BCUT2D eigenvalue weighted by atomic mass is 32.1. The second-order valence-electron chi connectivity index (χ2n) is 8.63. The number of nitrogens with zero attached hydrogens (tertiary/aromatic N) is 3. The van der Waals surface area contributed by atoms with Crippen LogP contribution in [0.25, 0.3) is 0 Å². The van der Waals surface area contributed by atoms with Crippen LogP contribution >= 0.6 is 11.3 Å². The van der Waals surface area contributed by atoms with Crippen LogP contribution in [0.15, 0.2) is 23.6 Å². The summed E-state index contributed by atoms with van der Waals surface area (Å²) in [6, 6.07) is 5.97. The highest BCUT2D eigenvalue weighted by molar-refractivity contribution is 7.11. The molecule has 1 amide bonds. The molecule has 3 aromatic rings. The number of benzene rings is 1. The van der Waals surface area contributed by atoms with E-state index >= 15 is 0 Å². The Labute approximate surface area is 220 Å². The summed E-state index contributed by atoms with van der Waals surface area (Å²) in [4.78, 5) is 26.0. The highest BCUT2D eigenvalue weighted by Gasteiger charge is 2.21. The van der Waals surface area contributed by atoms with E-state index in [9.17, 15) is 4.79 Å². The van der Waals surface area contributed by atoms with Crippen molar-refractivity contribution in [2.24, 2.45) is 0 Å². The molecular weight excluding hydrogens is 496 g/mol. The molecular formula is C25H34N6O5S. The van der Waals surface area contributed by atoms with Gasteiger partial charge >= 0.3 is 0 Å². The minimum Gasteiger partial charge on any atom is -0.491 e. The number of anilines is 2. The molecule has 0 fully saturated rings. The molecule has 0 radical (unpaired) electrons. The van der Waals surface area contributed by atoms with E-state index in [1.165, 1.54) is 25.6 Å². The van der Waals surface area contributed by atoms with Crippen molar-refractivity contribution in [2.75, 3.05) is 37.9 Å². The zero-order valence-corrected chi connectivity index (χ0v) is 23.0. The summed E-state index contributed by atoms with van der Waals surface area (Å²) in [6.07, 6.45) is 0.0374. The molecule has 2 aromatic heterocycles. The van der Waals surface area contributed by atoms with E-state index in [-0.39, 0.29) is 29.2 Å². The number of aromatic nitrogens is 3. The lowest BCUT2D eigenvalue weighted by Gasteiger charge is -2.14. The standard InChI is InChI=1S/C25H34N6O5S/c1-14(2)26-10-11-27-24-30-22(33-6)20(23(31-24)34-7)29-21(32)18-13-37-25(28-18)36-19-12-17(35-15(3)4)9-8-16(19)5/h8-9,12-15,26H,10-11H2,1-7H3,(H,29,32)(H,27,30,31). The Morgan fingerprint density at radius 1 is 1.03 bits per heavy atom. The lowest BCUT2D eigenvalue weighted by molar-refractivity contribution is 0.102. The fourth-order valence-electron chi connectivity index (χ4n) is 3.15. The molecule has 0 atom stereocenters. The van der Waals surface area contributed by atoms with Crippen LogP contribution in [-0.4, -0.2) is 60.3 Å². The molecule has 0 spiro atoms. The maximum Gasteiger partial charge on any atom is 0.279 e. The number of carbonyl (C=O) groups excluding carboxylic acids is 1. The Hall–Kier alpha value is -3.64. The van der Waals surface area contributed by atoms with Crippen molar-refractivity contribution >= 4 is 28.9 Å². The first-order chi connectivity index (χ1) is 17.7. The molecule has 3 N–H and O–H groups in total. The Kier molecular flexibility index (Phi) is 9.86. The molecule has 0 aliphatic rings. The first-order valence-electron chi connectivity index (χ1n) is 11.9. The summed E-state index contributed by atoms with van der Waals surface area (Å²) in [5.41, 5.74) is 1.28. The third kappa shape index (κ3) is 7.92. The van der Waals surface area contributed by atoms with Crippen LogP contribution in [0.1, 0.15) is 43.7 Å². The molecule has 0 saturated heterocycles. The number of carbonyl (C=O) groups is 1. The maximum absolute atomic E-state index is 13.0. The number of ether oxygens (including phenoxy) is 4. The van der Waals surface area contributed by atoms with Gasteiger partial charge in [-0.2, -0.15) is 15.0 Å². The number of methoxy groups -OCH3 is 2. The number of hydrogen-bond acceptors (Lipinski definition) is 11. The monoisotopic (exact) mass is 530 g/mol. The first-order valence-corrected chi connectivity index (χ1v) is 12.8. The fourth-order valence-corrected chi connectivity index (χ4v) is 3.81. The van der Waals surface area contributed by atoms with Crippen LogP contribution in [0, 0.1) is 6.92 Å². The van der Waals surface area contributed by atoms with Crippen LogP contribution in [0.2, 0.25) is 0 Å². The number of aryl methyl sites for hydroxylation is 1. The number of nitrogens with one attached hydrogen (secondary N) is 3. The van der Waals surface area contributed by atoms with E-state index in [0.29, 0.717) is 35.2 Å². The largest absolute Gasteiger partial charge is 0.491 e. The average Bonchev–Trinajstić information content (AvgIpc) is 3.32. The van der Waals surface area contributed by atoms with Crippen molar-refractivity contribution in [2.45, 2.75) is 46.8 Å². The van der Waals surface area contributed by atoms with Gasteiger partial charge in [-0.3, -0.25) is 4.79 Å². The second-order valence-corrected chi connectivity index (χ2v) is 9.45. The third-order valence-electron chi connectivity index (χ3n) is 4.87. The summed E-state index contributed by atoms with van der Waals surface area (Å²) in [7, 11) is 2.91. The van der Waals surface area contributed by atoms with Gasteiger partial charge in [-0.15, -0.1) is 0 Å². The first kappa shape index (κ1) is 27.9. The maximum atomic E-state index is 13.0. The molecule has 0 aliphatic heterocycles. The van der Waals surface area contributed by atoms with Crippen molar-refractivity contribution in [3.63, 3.8) is 0 Å². The van der Waals surface area contributed by atoms with E-state index < -0.39 is 5.91 Å². The van der Waals surface area contributed by atoms with E-state index in [4.69, 9.17) is 18.9 Å². The van der Waals surface area contributed by atoms with E-state index in [1.54, 1.807) is 11.4 Å². The van der Waals surface area contributed by atoms with Crippen LogP contribution in [0.5, 0.6) is 28.5 Å². The van der Waals surface area contributed by atoms with E-state index in [2.05, 4.69) is 44.7 Å². The minimum absolute atomic E-state index is 0.0374. The summed E-state index contributed by atoms with van der Waals surface area (Å²) in [6.45, 7) is 11.3. The van der Waals surface area contributed by atoms with Gasteiger partial charge in [0.1, 0.15) is 17.2 Å². The van der Waals surface area contributed by atoms with Gasteiger partial charge < -0.3 is 34.9 Å². The van der Waals surface area contributed by atoms with Crippen molar-refractivity contribution in [1.82, 2.24) is 20.3 Å². The normalized spacial score (nSPS) is 10.9. The van der Waals surface area contributed by atoms with Crippen LogP contribution < -0.4 is 34.9 Å². The van der Waals surface area contributed by atoms with Gasteiger partial charge in [0.25, 0.3) is 11.1 Å². The molecule has 2 heterocycles. The number of thiazole rings is 1. The molecule has 0 unspecified atom stereocenters. The van der Waals surface area contributed by atoms with Gasteiger partial charge in [-0.1, -0.05) is 31.3 Å².